The summed E-state index contributed by atoms with van der Waals surface area (Å²) in [5, 5.41) is 3.45. The molecule has 1 N–H and O–H groups in total. The van der Waals surface area contributed by atoms with Gasteiger partial charge in [0.05, 0.1) is 5.69 Å². The van der Waals surface area contributed by atoms with Crippen molar-refractivity contribution in [1.82, 2.24) is 10.3 Å². The van der Waals surface area contributed by atoms with Crippen LogP contribution in [0.4, 0.5) is 10.2 Å². The number of hydrogen-bond donors (Lipinski definition) is 1. The Labute approximate surface area is 114 Å². The summed E-state index contributed by atoms with van der Waals surface area (Å²) in [4.78, 5) is 7.09. The number of anilines is 1. The number of pyridine rings is 1. The van der Waals surface area contributed by atoms with Gasteiger partial charge in [0.1, 0.15) is 12.0 Å². The molecule has 1 saturated heterocycles. The second kappa shape index (κ2) is 5.45. The Hall–Kier alpha value is -1.16. The molecule has 0 unspecified atom stereocenters. The van der Waals surface area contributed by atoms with Crippen LogP contribution in [-0.2, 0) is 6.42 Å². The first-order chi connectivity index (χ1) is 9.24. The molecule has 1 aromatic heterocycles. The summed E-state index contributed by atoms with van der Waals surface area (Å²) in [6.45, 7) is 5.84. The molecule has 19 heavy (non-hydrogen) atoms. The molecule has 104 valence electrons. The fourth-order valence-electron chi connectivity index (χ4n) is 3.02. The SMILES string of the molecule is C[C@@H]1CNCCc2ccc(N3CCC(F)CC3)nc21. The largest absolute Gasteiger partial charge is 0.356 e. The molecular weight excluding hydrogens is 241 g/mol. The normalized spacial score (nSPS) is 24.9. The smallest absolute Gasteiger partial charge is 0.128 e. The second-order valence-electron chi connectivity index (χ2n) is 5.73. The summed E-state index contributed by atoms with van der Waals surface area (Å²) < 4.78 is 13.2. The molecule has 3 rings (SSSR count). The Kier molecular flexibility index (Phi) is 3.69. The topological polar surface area (TPSA) is 28.2 Å². The van der Waals surface area contributed by atoms with Gasteiger partial charge in [0.2, 0.25) is 0 Å². The third-order valence-corrected chi connectivity index (χ3v) is 4.23. The first-order valence-electron chi connectivity index (χ1n) is 7.33. The molecule has 0 spiro atoms. The van der Waals surface area contributed by atoms with Crippen LogP contribution in [0.25, 0.3) is 0 Å². The highest BCUT2D eigenvalue weighted by Crippen LogP contribution is 2.26. The predicted molar refractivity (Wildman–Crippen MR) is 75.6 cm³/mol. The van der Waals surface area contributed by atoms with Crippen molar-refractivity contribution in [2.24, 2.45) is 0 Å². The minimum Gasteiger partial charge on any atom is -0.356 e. The van der Waals surface area contributed by atoms with Gasteiger partial charge < -0.3 is 10.2 Å². The number of halogens is 1. The summed E-state index contributed by atoms with van der Waals surface area (Å²) in [6, 6.07) is 4.32. The lowest BCUT2D eigenvalue weighted by atomic mass is 10.0. The zero-order valence-corrected chi connectivity index (χ0v) is 11.5. The minimum absolute atomic E-state index is 0.455. The van der Waals surface area contributed by atoms with Gasteiger partial charge in [-0.05, 0) is 37.4 Å². The number of nitrogens with one attached hydrogen (secondary N) is 1. The molecule has 1 aromatic rings. The third kappa shape index (κ3) is 2.73. The highest BCUT2D eigenvalue weighted by Gasteiger charge is 2.22. The van der Waals surface area contributed by atoms with Gasteiger partial charge in [-0.2, -0.15) is 0 Å². The molecule has 3 heterocycles. The molecule has 0 radical (unpaired) electrons. The number of alkyl halides is 1. The standard InChI is InChI=1S/C15H22FN3/c1-11-10-17-7-4-12-2-3-14(18-15(11)12)19-8-5-13(16)6-9-19/h2-3,11,13,17H,4-10H2,1H3/t11-/m1/s1. The summed E-state index contributed by atoms with van der Waals surface area (Å²) in [7, 11) is 0. The van der Waals surface area contributed by atoms with Crippen LogP contribution in [0.1, 0.15) is 36.9 Å². The minimum atomic E-state index is -0.625. The lowest BCUT2D eigenvalue weighted by molar-refractivity contribution is 0.276. The Morgan fingerprint density at radius 3 is 2.89 bits per heavy atom. The molecular formula is C15H22FN3. The molecule has 0 aromatic carbocycles. The van der Waals surface area contributed by atoms with Crippen LogP contribution in [0.15, 0.2) is 12.1 Å². The van der Waals surface area contributed by atoms with E-state index in [0.29, 0.717) is 18.8 Å². The van der Waals surface area contributed by atoms with Crippen molar-refractivity contribution in [3.05, 3.63) is 23.4 Å². The highest BCUT2D eigenvalue weighted by molar-refractivity contribution is 5.43. The van der Waals surface area contributed by atoms with Crippen LogP contribution < -0.4 is 10.2 Å². The summed E-state index contributed by atoms with van der Waals surface area (Å²) >= 11 is 0. The Bertz CT molecular complexity index is 441. The molecule has 0 bridgehead atoms. The van der Waals surface area contributed by atoms with Gasteiger partial charge >= 0.3 is 0 Å². The van der Waals surface area contributed by atoms with Gasteiger partial charge in [0, 0.05) is 25.6 Å². The third-order valence-electron chi connectivity index (χ3n) is 4.23. The van der Waals surface area contributed by atoms with E-state index in [2.05, 4.69) is 29.3 Å². The maximum atomic E-state index is 13.2. The van der Waals surface area contributed by atoms with E-state index in [1.165, 1.54) is 11.3 Å². The maximum Gasteiger partial charge on any atom is 0.128 e. The molecule has 1 atom stereocenters. The van der Waals surface area contributed by atoms with Crippen LogP contribution in [0.3, 0.4) is 0 Å². The van der Waals surface area contributed by atoms with Crippen molar-refractivity contribution >= 4 is 5.82 Å². The first-order valence-corrected chi connectivity index (χ1v) is 7.33. The molecule has 0 aliphatic carbocycles. The average molecular weight is 263 g/mol. The molecule has 1 fully saturated rings. The highest BCUT2D eigenvalue weighted by atomic mass is 19.1. The number of hydrogen-bond acceptors (Lipinski definition) is 3. The number of piperidine rings is 1. The van der Waals surface area contributed by atoms with Gasteiger partial charge in [-0.25, -0.2) is 9.37 Å². The van der Waals surface area contributed by atoms with Gasteiger partial charge in [0.25, 0.3) is 0 Å². The molecule has 2 aliphatic heterocycles. The van der Waals surface area contributed by atoms with Crippen molar-refractivity contribution in [2.75, 3.05) is 31.1 Å². The van der Waals surface area contributed by atoms with Crippen LogP contribution >= 0.6 is 0 Å². The zero-order chi connectivity index (χ0) is 13.2. The first kappa shape index (κ1) is 12.9. The fraction of sp³-hybridized carbons (Fsp3) is 0.667. The van der Waals surface area contributed by atoms with E-state index >= 15 is 0 Å². The van der Waals surface area contributed by atoms with Crippen molar-refractivity contribution in [1.29, 1.82) is 0 Å². The molecule has 3 nitrogen and oxygen atoms in total. The average Bonchev–Trinajstić information content (AvgIpc) is 2.62. The maximum absolute atomic E-state index is 13.2. The van der Waals surface area contributed by atoms with Crippen molar-refractivity contribution < 1.29 is 4.39 Å². The fourth-order valence-corrected chi connectivity index (χ4v) is 3.02. The van der Waals surface area contributed by atoms with E-state index < -0.39 is 6.17 Å². The predicted octanol–water partition coefficient (Wildman–Crippen LogP) is 2.27. The van der Waals surface area contributed by atoms with Crippen LogP contribution in [0.5, 0.6) is 0 Å². The van der Waals surface area contributed by atoms with Crippen LogP contribution in [0.2, 0.25) is 0 Å². The number of rotatable bonds is 1. The molecule has 2 aliphatic rings. The number of nitrogens with zero attached hydrogens (tertiary/aromatic N) is 2. The van der Waals surface area contributed by atoms with Gasteiger partial charge in [0.15, 0.2) is 0 Å². The van der Waals surface area contributed by atoms with E-state index in [0.717, 1.165) is 38.4 Å². The van der Waals surface area contributed by atoms with Crippen molar-refractivity contribution in [3.63, 3.8) is 0 Å². The second-order valence-corrected chi connectivity index (χ2v) is 5.73. The molecule has 0 saturated carbocycles. The van der Waals surface area contributed by atoms with E-state index in [1.54, 1.807) is 0 Å². The van der Waals surface area contributed by atoms with E-state index in [4.69, 9.17) is 4.98 Å². The van der Waals surface area contributed by atoms with Crippen molar-refractivity contribution in [2.45, 2.75) is 38.3 Å². The Morgan fingerprint density at radius 2 is 2.11 bits per heavy atom. The van der Waals surface area contributed by atoms with Gasteiger partial charge in [-0.15, -0.1) is 0 Å². The zero-order valence-electron chi connectivity index (χ0n) is 11.5. The van der Waals surface area contributed by atoms with Gasteiger partial charge in [-0.3, -0.25) is 0 Å². The molecule has 0 amide bonds. The summed E-state index contributed by atoms with van der Waals surface area (Å²) in [5.41, 5.74) is 2.59. The number of fused-ring (bicyclic) bond motifs is 1. The summed E-state index contributed by atoms with van der Waals surface area (Å²) in [6.07, 6.45) is 1.70. The lowest BCUT2D eigenvalue weighted by Gasteiger charge is -2.30. The van der Waals surface area contributed by atoms with Gasteiger partial charge in [-0.1, -0.05) is 13.0 Å². The summed E-state index contributed by atoms with van der Waals surface area (Å²) in [5.74, 6) is 1.48. The Morgan fingerprint density at radius 1 is 1.32 bits per heavy atom. The van der Waals surface area contributed by atoms with E-state index in [-0.39, 0.29) is 0 Å². The van der Waals surface area contributed by atoms with E-state index in [9.17, 15) is 4.39 Å². The Balaban J connectivity index is 1.84. The van der Waals surface area contributed by atoms with Crippen LogP contribution in [0, 0.1) is 0 Å². The van der Waals surface area contributed by atoms with Crippen molar-refractivity contribution in [3.8, 4) is 0 Å². The molecule has 4 heteroatoms. The monoisotopic (exact) mass is 263 g/mol. The quantitative estimate of drug-likeness (QED) is 0.842. The van der Waals surface area contributed by atoms with E-state index in [1.807, 2.05) is 0 Å². The lowest BCUT2D eigenvalue weighted by Crippen LogP contribution is -2.35. The number of aromatic nitrogens is 1. The van der Waals surface area contributed by atoms with Crippen LogP contribution in [-0.4, -0.2) is 37.3 Å².